The molecule has 68 valence electrons. The predicted octanol–water partition coefficient (Wildman–Crippen LogP) is 1.79. The van der Waals surface area contributed by atoms with Crippen LogP contribution in [0.3, 0.4) is 0 Å². The van der Waals surface area contributed by atoms with Gasteiger partial charge in [0.25, 0.3) is 6.43 Å². The van der Waals surface area contributed by atoms with E-state index in [-0.39, 0.29) is 23.4 Å². The first-order valence-corrected chi connectivity index (χ1v) is 3.48. The number of rotatable bonds is 2. The fraction of sp³-hybridized carbons (Fsp3) is 0.250. The Morgan fingerprint density at radius 3 is 2.85 bits per heavy atom. The second-order valence-corrected chi connectivity index (χ2v) is 2.37. The van der Waals surface area contributed by atoms with Gasteiger partial charge in [-0.3, -0.25) is 4.98 Å². The molecule has 13 heavy (non-hydrogen) atoms. The van der Waals surface area contributed by atoms with Crippen LogP contribution < -0.4 is 0 Å². The van der Waals surface area contributed by atoms with Gasteiger partial charge < -0.3 is 5.11 Å². The molecule has 0 amide bonds. The highest BCUT2D eigenvalue weighted by atomic mass is 19.3. The molecule has 0 unspecified atom stereocenters. The number of nitrogens with zero attached hydrogens (tertiary/aromatic N) is 2. The third kappa shape index (κ3) is 2.12. The van der Waals surface area contributed by atoms with E-state index in [0.717, 1.165) is 12.3 Å². The lowest BCUT2D eigenvalue weighted by Gasteiger charge is -2.04. The molecule has 0 aliphatic rings. The van der Waals surface area contributed by atoms with E-state index in [1.54, 1.807) is 6.07 Å². The smallest absolute Gasteiger partial charge is 0.265 e. The van der Waals surface area contributed by atoms with Crippen molar-refractivity contribution < 1.29 is 13.9 Å². The highest BCUT2D eigenvalue weighted by Crippen LogP contribution is 2.24. The highest BCUT2D eigenvalue weighted by molar-refractivity contribution is 5.30. The molecule has 0 bridgehead atoms. The zero-order chi connectivity index (χ0) is 9.84. The monoisotopic (exact) mass is 184 g/mol. The predicted molar refractivity (Wildman–Crippen MR) is 40.2 cm³/mol. The lowest BCUT2D eigenvalue weighted by Crippen LogP contribution is -1.96. The van der Waals surface area contributed by atoms with Crippen molar-refractivity contribution in [3.05, 3.63) is 23.5 Å². The van der Waals surface area contributed by atoms with Gasteiger partial charge in [0.15, 0.2) is 0 Å². The molecule has 0 fully saturated rings. The molecule has 0 aliphatic carbocycles. The third-order valence-corrected chi connectivity index (χ3v) is 1.47. The van der Waals surface area contributed by atoms with Crippen LogP contribution in [0.2, 0.25) is 0 Å². The number of hydrogen-bond donors (Lipinski definition) is 1. The Balaban J connectivity index is 3.12. The number of aromatic nitrogens is 1. The zero-order valence-electron chi connectivity index (χ0n) is 6.54. The van der Waals surface area contributed by atoms with Crippen LogP contribution in [-0.4, -0.2) is 10.1 Å². The van der Waals surface area contributed by atoms with Crippen molar-refractivity contribution in [1.29, 1.82) is 5.26 Å². The van der Waals surface area contributed by atoms with Crippen LogP contribution in [0.25, 0.3) is 0 Å². The summed E-state index contributed by atoms with van der Waals surface area (Å²) in [5.74, 6) is -0.322. The van der Waals surface area contributed by atoms with Crippen molar-refractivity contribution >= 4 is 0 Å². The van der Waals surface area contributed by atoms with Gasteiger partial charge in [0.1, 0.15) is 5.75 Å². The summed E-state index contributed by atoms with van der Waals surface area (Å²) >= 11 is 0. The molecule has 0 saturated carbocycles. The summed E-state index contributed by atoms with van der Waals surface area (Å²) in [5.41, 5.74) is -0.378. The van der Waals surface area contributed by atoms with E-state index in [4.69, 9.17) is 10.4 Å². The van der Waals surface area contributed by atoms with Gasteiger partial charge in [-0.1, -0.05) is 0 Å². The van der Waals surface area contributed by atoms with Gasteiger partial charge >= 0.3 is 0 Å². The fourth-order valence-electron chi connectivity index (χ4n) is 0.910. The summed E-state index contributed by atoms with van der Waals surface area (Å²) in [6, 6.07) is 2.64. The third-order valence-electron chi connectivity index (χ3n) is 1.47. The van der Waals surface area contributed by atoms with Crippen LogP contribution >= 0.6 is 0 Å². The molecule has 3 nitrogen and oxygen atoms in total. The molecule has 0 saturated heterocycles. The summed E-state index contributed by atoms with van der Waals surface area (Å²) < 4.78 is 24.5. The lowest BCUT2D eigenvalue weighted by molar-refractivity contribution is 0.149. The maximum Gasteiger partial charge on any atom is 0.265 e. The Labute approximate surface area is 73.3 Å². The summed E-state index contributed by atoms with van der Waals surface area (Å²) in [6.45, 7) is 0. The van der Waals surface area contributed by atoms with Gasteiger partial charge in [0.2, 0.25) is 0 Å². The van der Waals surface area contributed by atoms with E-state index in [1.807, 2.05) is 0 Å². The van der Waals surface area contributed by atoms with Crippen LogP contribution in [-0.2, 0) is 6.42 Å². The molecule has 1 heterocycles. The van der Waals surface area contributed by atoms with Crippen molar-refractivity contribution in [1.82, 2.24) is 4.98 Å². The second kappa shape index (κ2) is 3.81. The Kier molecular flexibility index (Phi) is 2.75. The molecule has 0 aliphatic heterocycles. The fourth-order valence-corrected chi connectivity index (χ4v) is 0.910. The molecular weight excluding hydrogens is 178 g/mol. The van der Waals surface area contributed by atoms with E-state index < -0.39 is 6.43 Å². The minimum absolute atomic E-state index is 0.00954. The Bertz CT molecular complexity index is 346. The van der Waals surface area contributed by atoms with E-state index in [0.29, 0.717) is 0 Å². The number of pyridine rings is 1. The first-order chi connectivity index (χ1) is 6.15. The lowest BCUT2D eigenvalue weighted by atomic mass is 10.1. The van der Waals surface area contributed by atoms with Crippen LogP contribution in [0.5, 0.6) is 5.75 Å². The summed E-state index contributed by atoms with van der Waals surface area (Å²) in [6.07, 6.45) is -1.86. The molecular formula is C8H6F2N2O. The highest BCUT2D eigenvalue weighted by Gasteiger charge is 2.14. The normalized spacial score (nSPS) is 10.0. The molecule has 1 rings (SSSR count). The molecule has 1 N–H and O–H groups in total. The molecule has 0 atom stereocenters. The van der Waals surface area contributed by atoms with Gasteiger partial charge in [-0.15, -0.1) is 0 Å². The minimum Gasteiger partial charge on any atom is -0.506 e. The van der Waals surface area contributed by atoms with Gasteiger partial charge in [-0.2, -0.15) is 5.26 Å². The van der Waals surface area contributed by atoms with Crippen molar-refractivity contribution in [3.63, 3.8) is 0 Å². The number of halogens is 2. The van der Waals surface area contributed by atoms with Gasteiger partial charge in [-0.25, -0.2) is 8.78 Å². The van der Waals surface area contributed by atoms with Crippen LogP contribution in [0, 0.1) is 11.3 Å². The summed E-state index contributed by atoms with van der Waals surface area (Å²) in [4.78, 5) is 3.54. The van der Waals surface area contributed by atoms with Gasteiger partial charge in [0, 0.05) is 5.56 Å². The van der Waals surface area contributed by atoms with Crippen molar-refractivity contribution in [2.45, 2.75) is 12.8 Å². The molecule has 1 aromatic rings. The zero-order valence-corrected chi connectivity index (χ0v) is 6.54. The average molecular weight is 184 g/mol. The van der Waals surface area contributed by atoms with Crippen molar-refractivity contribution in [2.75, 3.05) is 0 Å². The van der Waals surface area contributed by atoms with E-state index >= 15 is 0 Å². The number of aromatic hydroxyl groups is 1. The van der Waals surface area contributed by atoms with E-state index in [2.05, 4.69) is 4.98 Å². The van der Waals surface area contributed by atoms with Crippen LogP contribution in [0.1, 0.15) is 17.7 Å². The standard InChI is InChI=1S/C8H6F2N2O/c9-8(10)6-3-5(13)4-12-7(6)1-2-11/h3-4,8,13H,1H2. The van der Waals surface area contributed by atoms with E-state index in [9.17, 15) is 8.78 Å². The Morgan fingerprint density at radius 2 is 2.31 bits per heavy atom. The molecule has 1 aromatic heterocycles. The summed E-state index contributed by atoms with van der Waals surface area (Å²) in [5, 5.41) is 17.2. The topological polar surface area (TPSA) is 56.9 Å². The SMILES string of the molecule is N#CCc1ncc(O)cc1C(F)F. The van der Waals surface area contributed by atoms with Crippen LogP contribution in [0.4, 0.5) is 8.78 Å². The van der Waals surface area contributed by atoms with Crippen molar-refractivity contribution in [3.8, 4) is 11.8 Å². The molecule has 0 spiro atoms. The average Bonchev–Trinajstić information content (AvgIpc) is 2.08. The van der Waals surface area contributed by atoms with Crippen molar-refractivity contribution in [2.24, 2.45) is 0 Å². The number of alkyl halides is 2. The van der Waals surface area contributed by atoms with E-state index in [1.165, 1.54) is 0 Å². The first kappa shape index (κ1) is 9.39. The Morgan fingerprint density at radius 1 is 1.62 bits per heavy atom. The van der Waals surface area contributed by atoms with Gasteiger partial charge in [0.05, 0.1) is 24.4 Å². The maximum absolute atomic E-state index is 12.3. The number of hydrogen-bond acceptors (Lipinski definition) is 3. The number of nitriles is 1. The molecule has 0 aromatic carbocycles. The summed E-state index contributed by atoms with van der Waals surface area (Å²) in [7, 11) is 0. The second-order valence-electron chi connectivity index (χ2n) is 2.37. The molecule has 5 heteroatoms. The van der Waals surface area contributed by atoms with Crippen LogP contribution in [0.15, 0.2) is 12.3 Å². The molecule has 0 radical (unpaired) electrons. The Hall–Kier alpha value is -1.70. The quantitative estimate of drug-likeness (QED) is 0.762. The maximum atomic E-state index is 12.3. The van der Waals surface area contributed by atoms with Gasteiger partial charge in [-0.05, 0) is 6.07 Å². The largest absolute Gasteiger partial charge is 0.506 e. The minimum atomic E-state index is -2.72. The first-order valence-electron chi connectivity index (χ1n) is 3.48.